The SMILES string of the molecule is CC(C)NC(=O)CSc1ccccc1C(=O)OCN1C(=O)c2ccccc2C1=O. The molecule has 0 aromatic heterocycles. The van der Waals surface area contributed by atoms with Gasteiger partial charge in [0.05, 0.1) is 22.4 Å². The minimum absolute atomic E-state index is 0.0305. The number of hydrogen-bond acceptors (Lipinski definition) is 6. The van der Waals surface area contributed by atoms with Gasteiger partial charge in [-0.3, -0.25) is 14.4 Å². The number of thioether (sulfide) groups is 1. The Morgan fingerprint density at radius 3 is 2.21 bits per heavy atom. The monoisotopic (exact) mass is 412 g/mol. The molecule has 2 aromatic carbocycles. The first-order valence-electron chi connectivity index (χ1n) is 9.02. The lowest BCUT2D eigenvalue weighted by molar-refractivity contribution is -0.119. The Kier molecular flexibility index (Phi) is 6.33. The van der Waals surface area contributed by atoms with Crippen LogP contribution in [0.25, 0.3) is 0 Å². The fraction of sp³-hybridized carbons (Fsp3) is 0.238. The lowest BCUT2D eigenvalue weighted by Gasteiger charge is -2.15. The van der Waals surface area contributed by atoms with E-state index in [4.69, 9.17) is 4.74 Å². The van der Waals surface area contributed by atoms with Crippen molar-refractivity contribution in [1.82, 2.24) is 10.2 Å². The Balaban J connectivity index is 1.64. The summed E-state index contributed by atoms with van der Waals surface area (Å²) in [6, 6.07) is 13.2. The fourth-order valence-corrected chi connectivity index (χ4v) is 3.68. The van der Waals surface area contributed by atoms with Gasteiger partial charge in [0.1, 0.15) is 0 Å². The van der Waals surface area contributed by atoms with Crippen molar-refractivity contribution in [2.45, 2.75) is 24.8 Å². The highest BCUT2D eigenvalue weighted by Crippen LogP contribution is 2.25. The molecule has 1 aliphatic rings. The van der Waals surface area contributed by atoms with Gasteiger partial charge in [0.25, 0.3) is 11.8 Å². The molecule has 0 saturated carbocycles. The molecule has 8 heteroatoms. The topological polar surface area (TPSA) is 92.8 Å². The van der Waals surface area contributed by atoms with E-state index in [1.165, 1.54) is 11.8 Å². The van der Waals surface area contributed by atoms with Crippen LogP contribution in [-0.2, 0) is 9.53 Å². The van der Waals surface area contributed by atoms with Crippen LogP contribution in [0.4, 0.5) is 0 Å². The minimum Gasteiger partial charge on any atom is -0.440 e. The normalized spacial score (nSPS) is 12.9. The van der Waals surface area contributed by atoms with Gasteiger partial charge in [-0.1, -0.05) is 24.3 Å². The maximum Gasteiger partial charge on any atom is 0.341 e. The molecule has 1 heterocycles. The number of nitrogens with zero attached hydrogens (tertiary/aromatic N) is 1. The van der Waals surface area contributed by atoms with Crippen molar-refractivity contribution in [3.8, 4) is 0 Å². The largest absolute Gasteiger partial charge is 0.440 e. The van der Waals surface area contributed by atoms with Crippen LogP contribution >= 0.6 is 11.8 Å². The average molecular weight is 412 g/mol. The molecule has 150 valence electrons. The number of nitrogens with one attached hydrogen (secondary N) is 1. The van der Waals surface area contributed by atoms with Crippen LogP contribution in [0.1, 0.15) is 44.9 Å². The summed E-state index contributed by atoms with van der Waals surface area (Å²) in [5.41, 5.74) is 0.854. The summed E-state index contributed by atoms with van der Waals surface area (Å²) in [7, 11) is 0. The van der Waals surface area contributed by atoms with Gasteiger partial charge < -0.3 is 10.1 Å². The molecule has 29 heavy (non-hydrogen) atoms. The molecule has 0 aliphatic carbocycles. The van der Waals surface area contributed by atoms with Gasteiger partial charge >= 0.3 is 5.97 Å². The molecule has 1 N–H and O–H groups in total. The second-order valence-corrected chi connectivity index (χ2v) is 7.67. The van der Waals surface area contributed by atoms with Crippen molar-refractivity contribution in [2.75, 3.05) is 12.5 Å². The molecule has 3 amide bonds. The molecule has 0 saturated heterocycles. The summed E-state index contributed by atoms with van der Waals surface area (Å²) in [5.74, 6) is -1.65. The Morgan fingerprint density at radius 1 is 1.00 bits per heavy atom. The molecule has 1 aliphatic heterocycles. The fourth-order valence-electron chi connectivity index (χ4n) is 2.83. The van der Waals surface area contributed by atoms with Crippen molar-refractivity contribution in [3.63, 3.8) is 0 Å². The highest BCUT2D eigenvalue weighted by atomic mass is 32.2. The second kappa shape index (κ2) is 8.91. The Bertz CT molecular complexity index is 938. The van der Waals surface area contributed by atoms with Gasteiger partial charge in [-0.25, -0.2) is 9.69 Å². The predicted octanol–water partition coefficient (Wildman–Crippen LogP) is 2.71. The van der Waals surface area contributed by atoms with Crippen molar-refractivity contribution in [2.24, 2.45) is 0 Å². The summed E-state index contributed by atoms with van der Waals surface area (Å²) in [6.45, 7) is 3.26. The summed E-state index contributed by atoms with van der Waals surface area (Å²) < 4.78 is 5.23. The van der Waals surface area contributed by atoms with Crippen LogP contribution in [0.5, 0.6) is 0 Å². The molecular formula is C21H20N2O5S. The van der Waals surface area contributed by atoms with Crippen LogP contribution < -0.4 is 5.32 Å². The molecule has 3 rings (SSSR count). The number of hydrogen-bond donors (Lipinski definition) is 1. The van der Waals surface area contributed by atoms with E-state index in [9.17, 15) is 19.2 Å². The third kappa shape index (κ3) is 4.65. The molecule has 0 spiro atoms. The predicted molar refractivity (Wildman–Crippen MR) is 108 cm³/mol. The zero-order valence-corrected chi connectivity index (χ0v) is 16.8. The quantitative estimate of drug-likeness (QED) is 0.427. The van der Waals surface area contributed by atoms with Gasteiger partial charge in [-0.2, -0.15) is 0 Å². The zero-order chi connectivity index (χ0) is 21.0. The molecular weight excluding hydrogens is 392 g/mol. The van der Waals surface area contributed by atoms with Crippen molar-refractivity contribution in [1.29, 1.82) is 0 Å². The van der Waals surface area contributed by atoms with Gasteiger partial charge in [0.2, 0.25) is 5.91 Å². The van der Waals surface area contributed by atoms with E-state index in [0.29, 0.717) is 16.0 Å². The Hall–Kier alpha value is -3.13. The first-order valence-corrected chi connectivity index (χ1v) is 10.0. The van der Waals surface area contributed by atoms with Gasteiger partial charge in [-0.15, -0.1) is 11.8 Å². The Labute approximate surface area is 172 Å². The first-order chi connectivity index (χ1) is 13.9. The first kappa shape index (κ1) is 20.6. The van der Waals surface area contributed by atoms with Crippen LogP contribution in [-0.4, -0.2) is 47.1 Å². The highest BCUT2D eigenvalue weighted by Gasteiger charge is 2.35. The van der Waals surface area contributed by atoms with E-state index in [1.54, 1.807) is 48.5 Å². The third-order valence-electron chi connectivity index (χ3n) is 4.12. The number of fused-ring (bicyclic) bond motifs is 1. The summed E-state index contributed by atoms with van der Waals surface area (Å²) in [5, 5.41) is 2.78. The molecule has 2 aromatic rings. The number of rotatable bonds is 7. The maximum absolute atomic E-state index is 12.5. The van der Waals surface area contributed by atoms with Crippen LogP contribution in [0.2, 0.25) is 0 Å². The van der Waals surface area contributed by atoms with E-state index in [0.717, 1.165) is 4.90 Å². The van der Waals surface area contributed by atoms with Crippen LogP contribution in [0.15, 0.2) is 53.4 Å². The third-order valence-corrected chi connectivity index (χ3v) is 5.19. The lowest BCUT2D eigenvalue weighted by Crippen LogP contribution is -2.33. The molecule has 0 radical (unpaired) electrons. The number of imide groups is 1. The summed E-state index contributed by atoms with van der Waals surface area (Å²) in [4.78, 5) is 50.6. The van der Waals surface area contributed by atoms with E-state index in [1.807, 2.05) is 13.8 Å². The standard InChI is InChI=1S/C21H20N2O5S/c1-13(2)22-18(24)11-29-17-10-6-5-9-16(17)21(27)28-12-23-19(25)14-7-3-4-8-15(14)20(23)26/h3-10,13H,11-12H2,1-2H3,(H,22,24). The van der Waals surface area contributed by atoms with Crippen molar-refractivity contribution in [3.05, 3.63) is 65.2 Å². The maximum atomic E-state index is 12.5. The molecule has 0 unspecified atom stereocenters. The zero-order valence-electron chi connectivity index (χ0n) is 16.0. The molecule has 0 atom stereocenters. The van der Waals surface area contributed by atoms with Gasteiger partial charge in [0, 0.05) is 10.9 Å². The van der Waals surface area contributed by atoms with Crippen LogP contribution in [0, 0.1) is 0 Å². The van der Waals surface area contributed by atoms with E-state index in [-0.39, 0.29) is 23.3 Å². The number of amides is 3. The Morgan fingerprint density at radius 2 is 1.59 bits per heavy atom. The number of esters is 1. The van der Waals surface area contributed by atoms with E-state index < -0.39 is 24.5 Å². The van der Waals surface area contributed by atoms with E-state index >= 15 is 0 Å². The number of carbonyl (C=O) groups excluding carboxylic acids is 4. The summed E-state index contributed by atoms with van der Waals surface area (Å²) in [6.07, 6.45) is 0. The van der Waals surface area contributed by atoms with Crippen molar-refractivity contribution < 1.29 is 23.9 Å². The van der Waals surface area contributed by atoms with Crippen LogP contribution in [0.3, 0.4) is 0 Å². The minimum atomic E-state index is -0.672. The second-order valence-electron chi connectivity index (χ2n) is 6.65. The average Bonchev–Trinajstić information content (AvgIpc) is 2.95. The summed E-state index contributed by atoms with van der Waals surface area (Å²) >= 11 is 1.21. The number of carbonyl (C=O) groups is 4. The van der Waals surface area contributed by atoms with Gasteiger partial charge in [0.15, 0.2) is 6.73 Å². The van der Waals surface area contributed by atoms with Crippen molar-refractivity contribution >= 4 is 35.5 Å². The molecule has 0 bridgehead atoms. The molecule has 7 nitrogen and oxygen atoms in total. The highest BCUT2D eigenvalue weighted by molar-refractivity contribution is 8.00. The lowest BCUT2D eigenvalue weighted by atomic mass is 10.1. The number of benzene rings is 2. The molecule has 0 fully saturated rings. The van der Waals surface area contributed by atoms with E-state index in [2.05, 4.69) is 5.32 Å². The van der Waals surface area contributed by atoms with Gasteiger partial charge in [-0.05, 0) is 38.1 Å². The number of ether oxygens (including phenoxy) is 1. The smallest absolute Gasteiger partial charge is 0.341 e.